The first-order valence-electron chi connectivity index (χ1n) is 8.74. The Morgan fingerprint density at radius 2 is 1.07 bits per heavy atom. The minimum atomic E-state index is -0.622. The first-order chi connectivity index (χ1) is 13.5. The first-order valence-corrected chi connectivity index (χ1v) is 8.74. The Morgan fingerprint density at radius 1 is 0.714 bits per heavy atom. The molecule has 2 aliphatic rings. The van der Waals surface area contributed by atoms with Gasteiger partial charge in [-0.3, -0.25) is 0 Å². The molecule has 0 aromatic heterocycles. The molecule has 0 spiro atoms. The van der Waals surface area contributed by atoms with Crippen LogP contribution in [0.2, 0.25) is 0 Å². The van der Waals surface area contributed by atoms with Crippen LogP contribution in [0.5, 0.6) is 11.5 Å². The molecule has 2 aromatic carbocycles. The molecule has 4 rings (SSSR count). The van der Waals surface area contributed by atoms with Gasteiger partial charge in [0.2, 0.25) is 0 Å². The van der Waals surface area contributed by atoms with E-state index in [0.717, 1.165) is 0 Å². The summed E-state index contributed by atoms with van der Waals surface area (Å²) in [5.74, 6) is -0.999. The summed E-state index contributed by atoms with van der Waals surface area (Å²) in [6, 6.07) is 11.4. The normalized spacial score (nSPS) is 25.9. The number of ether oxygens (including phenoxy) is 4. The van der Waals surface area contributed by atoms with E-state index in [4.69, 9.17) is 18.9 Å². The molecule has 0 bridgehead atoms. The number of benzene rings is 2. The van der Waals surface area contributed by atoms with Crippen molar-refractivity contribution < 1.29 is 38.7 Å². The Labute approximate surface area is 160 Å². The molecule has 2 aromatic rings. The summed E-state index contributed by atoms with van der Waals surface area (Å²) in [6.07, 6.45) is -2.30. The molecule has 8 heteroatoms. The van der Waals surface area contributed by atoms with Gasteiger partial charge in [-0.05, 0) is 48.5 Å². The van der Waals surface area contributed by atoms with Crippen molar-refractivity contribution in [3.05, 3.63) is 59.7 Å². The van der Waals surface area contributed by atoms with Gasteiger partial charge in [0.15, 0.2) is 12.2 Å². The molecule has 0 saturated carbocycles. The highest BCUT2D eigenvalue weighted by atomic mass is 16.7. The predicted molar refractivity (Wildman–Crippen MR) is 94.1 cm³/mol. The van der Waals surface area contributed by atoms with Gasteiger partial charge in [0.05, 0.1) is 24.3 Å². The molecule has 0 radical (unpaired) electrons. The van der Waals surface area contributed by atoms with E-state index in [1.54, 1.807) is 0 Å². The molecule has 1 unspecified atom stereocenters. The van der Waals surface area contributed by atoms with Gasteiger partial charge >= 0.3 is 11.9 Å². The largest absolute Gasteiger partial charge is 0.508 e. The zero-order valence-corrected chi connectivity index (χ0v) is 14.7. The Morgan fingerprint density at radius 3 is 1.43 bits per heavy atom. The number of esters is 2. The fraction of sp³-hybridized carbons (Fsp3) is 0.300. The molecule has 2 heterocycles. The Hall–Kier alpha value is -3.10. The van der Waals surface area contributed by atoms with Gasteiger partial charge in [0, 0.05) is 0 Å². The van der Waals surface area contributed by atoms with Crippen LogP contribution in [-0.2, 0) is 18.9 Å². The first kappa shape index (κ1) is 18.3. The van der Waals surface area contributed by atoms with Crippen molar-refractivity contribution in [3.8, 4) is 11.5 Å². The van der Waals surface area contributed by atoms with Gasteiger partial charge in [0.1, 0.15) is 23.7 Å². The van der Waals surface area contributed by atoms with Gasteiger partial charge in [-0.15, -0.1) is 0 Å². The van der Waals surface area contributed by atoms with Crippen LogP contribution in [0.4, 0.5) is 0 Å². The van der Waals surface area contributed by atoms with Crippen molar-refractivity contribution in [2.45, 2.75) is 24.4 Å². The standard InChI is InChI=1S/C20H18O8/c21-13-5-1-11(2-6-13)19(23)27-15-9-25-18-16(10-26-17(15)18)28-20(24)12-3-7-14(22)8-4-12/h1-8,15-18,21-22H,9-10H2/t15-,16?,17-,18-/m1/s1. The number of fused-ring (bicyclic) bond motifs is 1. The number of hydrogen-bond donors (Lipinski definition) is 2. The highest BCUT2D eigenvalue weighted by molar-refractivity contribution is 5.90. The van der Waals surface area contributed by atoms with E-state index in [0.29, 0.717) is 11.1 Å². The maximum absolute atomic E-state index is 12.3. The predicted octanol–water partition coefficient (Wildman–Crippen LogP) is 1.65. The van der Waals surface area contributed by atoms with E-state index in [9.17, 15) is 19.8 Å². The fourth-order valence-corrected chi connectivity index (χ4v) is 3.24. The number of aromatic hydroxyl groups is 2. The topological polar surface area (TPSA) is 112 Å². The smallest absolute Gasteiger partial charge is 0.338 e. The van der Waals surface area contributed by atoms with Crippen molar-refractivity contribution in [2.24, 2.45) is 0 Å². The number of phenols is 2. The van der Waals surface area contributed by atoms with Crippen molar-refractivity contribution in [1.29, 1.82) is 0 Å². The second-order valence-electron chi connectivity index (χ2n) is 6.58. The van der Waals surface area contributed by atoms with Gasteiger partial charge in [-0.1, -0.05) is 0 Å². The highest BCUT2D eigenvalue weighted by Gasteiger charge is 2.51. The second kappa shape index (κ2) is 7.49. The van der Waals surface area contributed by atoms with E-state index >= 15 is 0 Å². The monoisotopic (exact) mass is 386 g/mol. The number of phenolic OH excluding ortho intramolecular Hbond substituents is 2. The van der Waals surface area contributed by atoms with E-state index in [2.05, 4.69) is 0 Å². The van der Waals surface area contributed by atoms with Crippen LogP contribution >= 0.6 is 0 Å². The SMILES string of the molecule is O=C(OC1CO[C@H]2[C@@H]1OC[C@H]2OC(=O)c1ccc(O)cc1)c1ccc(O)cc1. The summed E-state index contributed by atoms with van der Waals surface area (Å²) in [6.45, 7) is 0.263. The maximum atomic E-state index is 12.3. The van der Waals surface area contributed by atoms with Crippen LogP contribution in [-0.4, -0.2) is 59.8 Å². The maximum Gasteiger partial charge on any atom is 0.338 e. The minimum absolute atomic E-state index is 0.0539. The average molecular weight is 386 g/mol. The zero-order chi connectivity index (χ0) is 19.7. The molecular formula is C20H18O8. The molecule has 2 saturated heterocycles. The quantitative estimate of drug-likeness (QED) is 0.763. The van der Waals surface area contributed by atoms with Crippen molar-refractivity contribution in [3.63, 3.8) is 0 Å². The van der Waals surface area contributed by atoms with Crippen LogP contribution in [0.15, 0.2) is 48.5 Å². The lowest BCUT2D eigenvalue weighted by Gasteiger charge is -2.17. The molecule has 2 N–H and O–H groups in total. The van der Waals surface area contributed by atoms with Gasteiger partial charge in [-0.25, -0.2) is 9.59 Å². The van der Waals surface area contributed by atoms with Gasteiger partial charge < -0.3 is 29.2 Å². The summed E-state index contributed by atoms with van der Waals surface area (Å²) in [5, 5.41) is 18.6. The van der Waals surface area contributed by atoms with Crippen molar-refractivity contribution >= 4 is 11.9 Å². The summed E-state index contributed by atoms with van der Waals surface area (Å²) in [7, 11) is 0. The van der Waals surface area contributed by atoms with Crippen molar-refractivity contribution in [1.82, 2.24) is 0 Å². The minimum Gasteiger partial charge on any atom is -0.508 e. The zero-order valence-electron chi connectivity index (χ0n) is 14.7. The lowest BCUT2D eigenvalue weighted by molar-refractivity contribution is -0.0287. The lowest BCUT2D eigenvalue weighted by atomic mass is 10.1. The van der Waals surface area contributed by atoms with Crippen LogP contribution < -0.4 is 0 Å². The van der Waals surface area contributed by atoms with Gasteiger partial charge in [0.25, 0.3) is 0 Å². The number of hydrogen-bond acceptors (Lipinski definition) is 8. The average Bonchev–Trinajstić information content (AvgIpc) is 3.26. The number of carbonyl (C=O) groups excluding carboxylic acids is 2. The lowest BCUT2D eigenvalue weighted by Crippen LogP contribution is -2.36. The third-order valence-corrected chi connectivity index (χ3v) is 4.69. The van der Waals surface area contributed by atoms with E-state index in [1.165, 1.54) is 48.5 Å². The molecule has 0 aliphatic carbocycles. The molecule has 8 nitrogen and oxygen atoms in total. The fourth-order valence-electron chi connectivity index (χ4n) is 3.24. The second-order valence-corrected chi connectivity index (χ2v) is 6.58. The number of carbonyl (C=O) groups is 2. The Balaban J connectivity index is 1.36. The van der Waals surface area contributed by atoms with E-state index in [-0.39, 0.29) is 24.7 Å². The summed E-state index contributed by atoms with van der Waals surface area (Å²) in [4.78, 5) is 24.5. The van der Waals surface area contributed by atoms with Crippen LogP contribution in [0.1, 0.15) is 20.7 Å². The molecule has 146 valence electrons. The molecule has 2 aliphatic heterocycles. The third-order valence-electron chi connectivity index (χ3n) is 4.69. The van der Waals surface area contributed by atoms with Crippen molar-refractivity contribution in [2.75, 3.05) is 13.2 Å². The Bertz CT molecular complexity index is 787. The summed E-state index contributed by atoms with van der Waals surface area (Å²) < 4.78 is 22.2. The molecule has 0 amide bonds. The molecule has 4 atom stereocenters. The summed E-state index contributed by atoms with van der Waals surface area (Å²) in [5.41, 5.74) is 0.601. The van der Waals surface area contributed by atoms with Crippen LogP contribution in [0, 0.1) is 0 Å². The van der Waals surface area contributed by atoms with Crippen LogP contribution in [0.25, 0.3) is 0 Å². The molecule has 2 fully saturated rings. The van der Waals surface area contributed by atoms with E-state index < -0.39 is 36.4 Å². The van der Waals surface area contributed by atoms with Gasteiger partial charge in [-0.2, -0.15) is 0 Å². The van der Waals surface area contributed by atoms with Crippen LogP contribution in [0.3, 0.4) is 0 Å². The third kappa shape index (κ3) is 3.64. The Kier molecular flexibility index (Phi) is 4.89. The summed E-state index contributed by atoms with van der Waals surface area (Å²) >= 11 is 0. The van der Waals surface area contributed by atoms with E-state index in [1.807, 2.05) is 0 Å². The molecular weight excluding hydrogens is 368 g/mol. The highest BCUT2D eigenvalue weighted by Crippen LogP contribution is 2.31. The number of rotatable bonds is 4. The molecule has 28 heavy (non-hydrogen) atoms.